The van der Waals surface area contributed by atoms with Crippen LogP contribution in [0.3, 0.4) is 0 Å². The predicted octanol–water partition coefficient (Wildman–Crippen LogP) is 4.65. The summed E-state index contributed by atoms with van der Waals surface area (Å²) < 4.78 is 1.56. The molecule has 1 aromatic rings. The van der Waals surface area contributed by atoms with Gasteiger partial charge < -0.3 is 0 Å². The fraction of sp³-hybridized carbons (Fsp3) is 0.588. The molecule has 0 N–H and O–H groups in total. The molecule has 2 nitrogen and oxygen atoms in total. The van der Waals surface area contributed by atoms with Crippen LogP contribution < -0.4 is 0 Å². The van der Waals surface area contributed by atoms with Crippen molar-refractivity contribution in [3.05, 3.63) is 35.9 Å². The molecule has 0 aromatic heterocycles. The number of rotatable bonds is 3. The number of Topliss-reactive ketones (excluding diaryl/α,β-unsaturated/α-hetero) is 1. The first kappa shape index (κ1) is 16.6. The third kappa shape index (κ3) is 2.02. The Kier molecular flexibility index (Phi) is 3.70. The van der Waals surface area contributed by atoms with E-state index < -0.39 is 15.0 Å². The summed E-state index contributed by atoms with van der Waals surface area (Å²) in [5, 5.41) is 0. The summed E-state index contributed by atoms with van der Waals surface area (Å²) in [6.07, 6.45) is 0. The highest BCUT2D eigenvalue weighted by atomic mass is 35.5. The largest absolute Gasteiger partial charge is 0.298 e. The van der Waals surface area contributed by atoms with Gasteiger partial charge in [-0.15, -0.1) is 23.2 Å². The molecule has 2 aliphatic rings. The summed E-state index contributed by atoms with van der Waals surface area (Å²) in [5.74, 6) is 0.225. The third-order valence-electron chi connectivity index (χ3n) is 5.14. The molecule has 5 heteroatoms. The molecule has 120 valence electrons. The number of carbonyl (C=O) groups excluding carboxylic acids is 1. The van der Waals surface area contributed by atoms with Crippen molar-refractivity contribution >= 4 is 40.9 Å². The Morgan fingerprint density at radius 1 is 1.00 bits per heavy atom. The fourth-order valence-electron chi connectivity index (χ4n) is 3.69. The Hall–Kier alpha value is -0.220. The summed E-state index contributed by atoms with van der Waals surface area (Å²) in [4.78, 5) is 12.0. The van der Waals surface area contributed by atoms with Crippen molar-refractivity contribution in [2.75, 3.05) is 13.1 Å². The van der Waals surface area contributed by atoms with Crippen LogP contribution in [0.5, 0.6) is 0 Å². The lowest BCUT2D eigenvalue weighted by Gasteiger charge is -2.63. The summed E-state index contributed by atoms with van der Waals surface area (Å²) in [6.45, 7) is 9.21. The van der Waals surface area contributed by atoms with E-state index in [9.17, 15) is 4.79 Å². The van der Waals surface area contributed by atoms with E-state index in [2.05, 4.69) is 16.4 Å². The fourth-order valence-corrected chi connectivity index (χ4v) is 6.28. The van der Waals surface area contributed by atoms with Crippen LogP contribution in [0.4, 0.5) is 0 Å². The van der Waals surface area contributed by atoms with E-state index in [4.69, 9.17) is 23.2 Å². The van der Waals surface area contributed by atoms with Gasteiger partial charge in [-0.2, -0.15) is 0 Å². The van der Waals surface area contributed by atoms with Gasteiger partial charge in [-0.1, -0.05) is 70.0 Å². The second kappa shape index (κ2) is 4.89. The van der Waals surface area contributed by atoms with Crippen molar-refractivity contribution in [1.29, 1.82) is 0 Å². The van der Waals surface area contributed by atoms with Crippen LogP contribution in [0, 0.1) is 10.8 Å². The molecular weight excluding hydrogens is 337 g/mol. The molecule has 0 spiro atoms. The zero-order chi connectivity index (χ0) is 16.4. The minimum absolute atomic E-state index is 0.225. The number of hydrogen-bond acceptors (Lipinski definition) is 3. The summed E-state index contributed by atoms with van der Waals surface area (Å²) >= 11 is 15.2. The maximum absolute atomic E-state index is 12.3. The Labute approximate surface area is 146 Å². The van der Waals surface area contributed by atoms with Gasteiger partial charge in [0.15, 0.2) is 0 Å². The molecule has 1 aliphatic carbocycles. The van der Waals surface area contributed by atoms with Crippen LogP contribution in [0.2, 0.25) is 0 Å². The predicted molar refractivity (Wildman–Crippen MR) is 94.3 cm³/mol. The van der Waals surface area contributed by atoms with E-state index in [0.717, 1.165) is 18.7 Å². The zero-order valence-corrected chi connectivity index (χ0v) is 15.6. The number of alkyl halides is 2. The lowest BCUT2D eigenvalue weighted by molar-refractivity contribution is -0.153. The molecule has 1 saturated carbocycles. The third-order valence-corrected chi connectivity index (χ3v) is 8.54. The Bertz CT molecular complexity index is 590. The highest BCUT2D eigenvalue weighted by Crippen LogP contribution is 2.69. The van der Waals surface area contributed by atoms with Gasteiger partial charge >= 0.3 is 0 Å². The van der Waals surface area contributed by atoms with E-state index in [1.54, 1.807) is 11.9 Å². The first-order valence-electron chi connectivity index (χ1n) is 7.47. The van der Waals surface area contributed by atoms with Gasteiger partial charge in [0.05, 0.1) is 15.7 Å². The molecule has 1 aliphatic heterocycles. The maximum atomic E-state index is 12.3. The molecule has 0 amide bonds. The normalized spacial score (nSPS) is 27.8. The quantitative estimate of drug-likeness (QED) is 0.579. The molecule has 0 radical (unpaired) electrons. The highest BCUT2D eigenvalue weighted by Gasteiger charge is 2.73. The monoisotopic (exact) mass is 357 g/mol. The lowest BCUT2D eigenvalue weighted by atomic mass is 9.54. The molecule has 2 fully saturated rings. The molecule has 0 atom stereocenters. The van der Waals surface area contributed by atoms with E-state index in [-0.39, 0.29) is 10.7 Å². The van der Waals surface area contributed by atoms with E-state index in [1.807, 2.05) is 45.9 Å². The van der Waals surface area contributed by atoms with Gasteiger partial charge in [0.1, 0.15) is 9.99 Å². The van der Waals surface area contributed by atoms with E-state index in [1.165, 1.54) is 0 Å². The second-order valence-corrected chi connectivity index (χ2v) is 10.2. The van der Waals surface area contributed by atoms with Crippen molar-refractivity contribution < 1.29 is 4.79 Å². The standard InChI is InChI=1S/C17H21Cl2NOS/c1-14(2)13(21)15(3,4)17(14,19)22-20-10-16(18,11-20)12-8-6-5-7-9-12/h5-9H,10-11H2,1-4H3. The molecule has 1 aromatic carbocycles. The molecule has 1 saturated heterocycles. The van der Waals surface area contributed by atoms with Crippen LogP contribution in [0.25, 0.3) is 0 Å². The first-order chi connectivity index (χ1) is 10.0. The summed E-state index contributed by atoms with van der Waals surface area (Å²) in [6, 6.07) is 10.1. The smallest absolute Gasteiger partial charge is 0.149 e. The molecule has 1 heterocycles. The number of nitrogens with zero attached hydrogens (tertiary/aromatic N) is 1. The summed E-state index contributed by atoms with van der Waals surface area (Å²) in [7, 11) is 0. The molecule has 0 unspecified atom stereocenters. The minimum atomic E-state index is -0.619. The zero-order valence-electron chi connectivity index (χ0n) is 13.3. The molecule has 3 rings (SSSR count). The van der Waals surface area contributed by atoms with Crippen molar-refractivity contribution in [2.45, 2.75) is 36.8 Å². The van der Waals surface area contributed by atoms with Crippen LogP contribution in [0.1, 0.15) is 33.3 Å². The van der Waals surface area contributed by atoms with Crippen LogP contribution in [0.15, 0.2) is 30.3 Å². The average Bonchev–Trinajstić information content (AvgIpc) is 2.44. The topological polar surface area (TPSA) is 20.3 Å². The van der Waals surface area contributed by atoms with Gasteiger partial charge in [-0.25, -0.2) is 4.31 Å². The van der Waals surface area contributed by atoms with Gasteiger partial charge in [-0.3, -0.25) is 4.79 Å². The van der Waals surface area contributed by atoms with Crippen LogP contribution in [-0.2, 0) is 9.67 Å². The average molecular weight is 358 g/mol. The van der Waals surface area contributed by atoms with Gasteiger partial charge in [0.2, 0.25) is 0 Å². The van der Waals surface area contributed by atoms with E-state index in [0.29, 0.717) is 0 Å². The van der Waals surface area contributed by atoms with Crippen molar-refractivity contribution in [3.63, 3.8) is 0 Å². The van der Waals surface area contributed by atoms with Gasteiger partial charge in [0.25, 0.3) is 0 Å². The number of halogens is 2. The SMILES string of the molecule is CC1(C)C(=O)C(C)(C)C1(Cl)SN1CC(Cl)(c2ccccc2)C1. The highest BCUT2D eigenvalue weighted by molar-refractivity contribution is 8.00. The van der Waals surface area contributed by atoms with Gasteiger partial charge in [-0.05, 0) is 5.56 Å². The molecule has 0 bridgehead atoms. The molecule has 22 heavy (non-hydrogen) atoms. The Morgan fingerprint density at radius 2 is 1.50 bits per heavy atom. The van der Waals surface area contributed by atoms with Crippen molar-refractivity contribution in [3.8, 4) is 0 Å². The van der Waals surface area contributed by atoms with Crippen LogP contribution >= 0.6 is 35.1 Å². The Balaban J connectivity index is 1.71. The lowest BCUT2D eigenvalue weighted by Crippen LogP contribution is -2.71. The number of hydrogen-bond donors (Lipinski definition) is 0. The molecular formula is C17H21Cl2NOS. The number of carbonyl (C=O) groups is 1. The number of benzene rings is 1. The van der Waals surface area contributed by atoms with Crippen molar-refractivity contribution in [1.82, 2.24) is 4.31 Å². The number of ketones is 1. The van der Waals surface area contributed by atoms with Crippen LogP contribution in [-0.4, -0.2) is 27.4 Å². The second-order valence-electron chi connectivity index (χ2n) is 7.40. The summed E-state index contributed by atoms with van der Waals surface area (Å²) in [5.41, 5.74) is 0.0837. The van der Waals surface area contributed by atoms with Crippen molar-refractivity contribution in [2.24, 2.45) is 10.8 Å². The van der Waals surface area contributed by atoms with E-state index >= 15 is 0 Å². The van der Waals surface area contributed by atoms with Gasteiger partial charge in [0, 0.05) is 13.1 Å². The maximum Gasteiger partial charge on any atom is 0.149 e. The Morgan fingerprint density at radius 3 is 2.00 bits per heavy atom. The first-order valence-corrected chi connectivity index (χ1v) is 9.00. The minimum Gasteiger partial charge on any atom is -0.298 e.